The van der Waals surface area contributed by atoms with Gasteiger partial charge in [0.2, 0.25) is 10.0 Å². The fourth-order valence-corrected chi connectivity index (χ4v) is 2.23. The molecule has 7 heteroatoms. The highest BCUT2D eigenvalue weighted by atomic mass is 32.2. The number of rotatable bonds is 4. The van der Waals surface area contributed by atoms with E-state index in [-0.39, 0.29) is 10.9 Å². The standard InChI is InChI=1S/C10H15N3O3S/c1-3-12-17(15,16)9-6-4-8(5-7-9)13-10(14)11-2/h4-7,12H,3H2,1-2H3,(H2,11,13,14). The Hall–Kier alpha value is -1.60. The summed E-state index contributed by atoms with van der Waals surface area (Å²) in [5, 5.41) is 4.93. The van der Waals surface area contributed by atoms with Gasteiger partial charge in [0.1, 0.15) is 0 Å². The molecule has 3 N–H and O–H groups in total. The van der Waals surface area contributed by atoms with Crippen molar-refractivity contribution in [2.45, 2.75) is 11.8 Å². The summed E-state index contributed by atoms with van der Waals surface area (Å²) in [7, 11) is -1.94. The van der Waals surface area contributed by atoms with Crippen molar-refractivity contribution >= 4 is 21.7 Å². The summed E-state index contributed by atoms with van der Waals surface area (Å²) in [5.41, 5.74) is 0.528. The van der Waals surface area contributed by atoms with Crippen LogP contribution in [-0.4, -0.2) is 28.0 Å². The number of hydrogen-bond acceptors (Lipinski definition) is 3. The molecule has 0 aliphatic carbocycles. The average molecular weight is 257 g/mol. The lowest BCUT2D eigenvalue weighted by molar-refractivity contribution is 0.254. The maximum absolute atomic E-state index is 11.6. The second kappa shape index (κ2) is 5.65. The van der Waals surface area contributed by atoms with E-state index in [1.54, 1.807) is 6.92 Å². The molecule has 0 radical (unpaired) electrons. The minimum Gasteiger partial charge on any atom is -0.341 e. The maximum atomic E-state index is 11.6. The highest BCUT2D eigenvalue weighted by molar-refractivity contribution is 7.89. The van der Waals surface area contributed by atoms with Crippen molar-refractivity contribution in [3.05, 3.63) is 24.3 Å². The predicted octanol–water partition coefficient (Wildman–Crippen LogP) is 0.736. The van der Waals surface area contributed by atoms with Crippen molar-refractivity contribution in [3.63, 3.8) is 0 Å². The fourth-order valence-electron chi connectivity index (χ4n) is 1.18. The van der Waals surface area contributed by atoms with Crippen molar-refractivity contribution in [3.8, 4) is 0 Å². The molecule has 17 heavy (non-hydrogen) atoms. The molecule has 0 fully saturated rings. The van der Waals surface area contributed by atoms with Crippen LogP contribution in [0.4, 0.5) is 10.5 Å². The third kappa shape index (κ3) is 3.72. The van der Waals surface area contributed by atoms with Crippen molar-refractivity contribution in [2.75, 3.05) is 18.9 Å². The minimum absolute atomic E-state index is 0.168. The number of anilines is 1. The van der Waals surface area contributed by atoms with Gasteiger partial charge in [-0.15, -0.1) is 0 Å². The van der Waals surface area contributed by atoms with Gasteiger partial charge in [0.15, 0.2) is 0 Å². The molecule has 0 aliphatic rings. The fraction of sp³-hybridized carbons (Fsp3) is 0.300. The quantitative estimate of drug-likeness (QED) is 0.743. The highest BCUT2D eigenvalue weighted by Gasteiger charge is 2.11. The van der Waals surface area contributed by atoms with E-state index in [4.69, 9.17) is 0 Å². The van der Waals surface area contributed by atoms with Crippen molar-refractivity contribution < 1.29 is 13.2 Å². The molecule has 0 heterocycles. The molecule has 2 amide bonds. The molecule has 0 saturated carbocycles. The molecule has 0 saturated heterocycles. The summed E-state index contributed by atoms with van der Waals surface area (Å²) >= 11 is 0. The first-order valence-corrected chi connectivity index (χ1v) is 6.56. The van der Waals surface area contributed by atoms with Gasteiger partial charge >= 0.3 is 6.03 Å². The number of hydrogen-bond donors (Lipinski definition) is 3. The van der Waals surface area contributed by atoms with Gasteiger partial charge < -0.3 is 10.6 Å². The Bertz CT molecular complexity index is 482. The van der Waals surface area contributed by atoms with Crippen LogP contribution in [0.1, 0.15) is 6.92 Å². The zero-order chi connectivity index (χ0) is 12.9. The Morgan fingerprint density at radius 3 is 2.29 bits per heavy atom. The zero-order valence-corrected chi connectivity index (χ0v) is 10.5. The van der Waals surface area contributed by atoms with Gasteiger partial charge in [-0.05, 0) is 24.3 Å². The van der Waals surface area contributed by atoms with Crippen LogP contribution >= 0.6 is 0 Å². The molecule has 1 aromatic carbocycles. The normalized spacial score (nSPS) is 10.9. The van der Waals surface area contributed by atoms with Gasteiger partial charge in [0.25, 0.3) is 0 Å². The smallest absolute Gasteiger partial charge is 0.318 e. The monoisotopic (exact) mass is 257 g/mol. The van der Waals surface area contributed by atoms with E-state index < -0.39 is 10.0 Å². The Kier molecular flexibility index (Phi) is 4.47. The van der Waals surface area contributed by atoms with Crippen LogP contribution in [-0.2, 0) is 10.0 Å². The molecule has 0 aliphatic heterocycles. The molecular formula is C10H15N3O3S. The van der Waals surface area contributed by atoms with Crippen LogP contribution in [0.5, 0.6) is 0 Å². The summed E-state index contributed by atoms with van der Waals surface area (Å²) in [6.07, 6.45) is 0. The van der Waals surface area contributed by atoms with Crippen LogP contribution in [0.2, 0.25) is 0 Å². The summed E-state index contributed by atoms with van der Waals surface area (Å²) in [6, 6.07) is 5.57. The Labute approximate surface area is 100 Å². The summed E-state index contributed by atoms with van der Waals surface area (Å²) in [4.78, 5) is 11.2. The van der Waals surface area contributed by atoms with E-state index in [0.29, 0.717) is 12.2 Å². The molecule has 1 rings (SSSR count). The Morgan fingerprint density at radius 2 is 1.82 bits per heavy atom. The van der Waals surface area contributed by atoms with Gasteiger partial charge in [-0.25, -0.2) is 17.9 Å². The molecule has 0 atom stereocenters. The van der Waals surface area contributed by atoms with Gasteiger partial charge in [0, 0.05) is 19.3 Å². The minimum atomic E-state index is -3.44. The summed E-state index contributed by atoms with van der Waals surface area (Å²) in [5.74, 6) is 0. The molecule has 0 unspecified atom stereocenters. The lowest BCUT2D eigenvalue weighted by atomic mass is 10.3. The van der Waals surface area contributed by atoms with Crippen molar-refractivity contribution in [1.29, 1.82) is 0 Å². The van der Waals surface area contributed by atoms with Crippen molar-refractivity contribution in [1.82, 2.24) is 10.0 Å². The molecule has 6 nitrogen and oxygen atoms in total. The number of nitrogens with one attached hydrogen (secondary N) is 3. The van der Waals surface area contributed by atoms with Crippen LogP contribution < -0.4 is 15.4 Å². The van der Waals surface area contributed by atoms with E-state index >= 15 is 0 Å². The van der Waals surface area contributed by atoms with Gasteiger partial charge in [0.05, 0.1) is 4.90 Å². The topological polar surface area (TPSA) is 87.3 Å². The third-order valence-electron chi connectivity index (χ3n) is 1.98. The number of sulfonamides is 1. The number of urea groups is 1. The SMILES string of the molecule is CCNS(=O)(=O)c1ccc(NC(=O)NC)cc1. The van der Waals surface area contributed by atoms with E-state index in [1.165, 1.54) is 31.3 Å². The van der Waals surface area contributed by atoms with E-state index in [9.17, 15) is 13.2 Å². The first-order chi connectivity index (χ1) is 7.99. The summed E-state index contributed by atoms with van der Waals surface area (Å²) < 4.78 is 25.6. The highest BCUT2D eigenvalue weighted by Crippen LogP contribution is 2.13. The third-order valence-corrected chi connectivity index (χ3v) is 3.55. The van der Waals surface area contributed by atoms with Crippen LogP contribution in [0, 0.1) is 0 Å². The molecular weight excluding hydrogens is 242 g/mol. The number of benzene rings is 1. The van der Waals surface area contributed by atoms with Crippen LogP contribution in [0.15, 0.2) is 29.2 Å². The largest absolute Gasteiger partial charge is 0.341 e. The van der Waals surface area contributed by atoms with Crippen LogP contribution in [0.25, 0.3) is 0 Å². The molecule has 0 bridgehead atoms. The van der Waals surface area contributed by atoms with Gasteiger partial charge in [-0.1, -0.05) is 6.92 Å². The lowest BCUT2D eigenvalue weighted by Gasteiger charge is -2.07. The number of carbonyl (C=O) groups excluding carboxylic acids is 1. The van der Waals surface area contributed by atoms with Crippen molar-refractivity contribution in [2.24, 2.45) is 0 Å². The molecule has 1 aromatic rings. The maximum Gasteiger partial charge on any atom is 0.318 e. The molecule has 94 valence electrons. The second-order valence-corrected chi connectivity index (χ2v) is 5.00. The van der Waals surface area contributed by atoms with Crippen LogP contribution in [0.3, 0.4) is 0 Å². The second-order valence-electron chi connectivity index (χ2n) is 3.23. The average Bonchev–Trinajstić information content (AvgIpc) is 2.29. The van der Waals surface area contributed by atoms with E-state index in [0.717, 1.165) is 0 Å². The lowest BCUT2D eigenvalue weighted by Crippen LogP contribution is -2.25. The Morgan fingerprint density at radius 1 is 1.24 bits per heavy atom. The van der Waals surface area contributed by atoms with E-state index in [2.05, 4.69) is 15.4 Å². The first kappa shape index (κ1) is 13.5. The Balaban J connectivity index is 2.85. The first-order valence-electron chi connectivity index (χ1n) is 5.08. The number of carbonyl (C=O) groups is 1. The summed E-state index contributed by atoms with van der Waals surface area (Å²) in [6.45, 7) is 2.04. The predicted molar refractivity (Wildman–Crippen MR) is 65.4 cm³/mol. The zero-order valence-electron chi connectivity index (χ0n) is 9.65. The number of amides is 2. The van der Waals surface area contributed by atoms with Gasteiger partial charge in [-0.3, -0.25) is 0 Å². The van der Waals surface area contributed by atoms with Gasteiger partial charge in [-0.2, -0.15) is 0 Å². The molecule has 0 spiro atoms. The van der Waals surface area contributed by atoms with E-state index in [1.807, 2.05) is 0 Å². The molecule has 0 aromatic heterocycles.